The third-order valence-electron chi connectivity index (χ3n) is 3.23. The summed E-state index contributed by atoms with van der Waals surface area (Å²) in [7, 11) is 0. The molecule has 0 bridgehead atoms. The van der Waals surface area contributed by atoms with Gasteiger partial charge in [0.05, 0.1) is 16.4 Å². The Balaban J connectivity index is 2.21. The Morgan fingerprint density at radius 3 is 2.84 bits per heavy atom. The van der Waals surface area contributed by atoms with Gasteiger partial charge in [0.25, 0.3) is 0 Å². The zero-order chi connectivity index (χ0) is 13.4. The summed E-state index contributed by atoms with van der Waals surface area (Å²) in [6.45, 7) is 3.65. The van der Waals surface area contributed by atoms with Crippen molar-refractivity contribution >= 4 is 23.2 Å². The van der Waals surface area contributed by atoms with Crippen LogP contribution in [-0.2, 0) is 13.0 Å². The zero-order valence-corrected chi connectivity index (χ0v) is 12.0. The van der Waals surface area contributed by atoms with Crippen molar-refractivity contribution in [2.24, 2.45) is 0 Å². The van der Waals surface area contributed by atoms with E-state index in [4.69, 9.17) is 23.2 Å². The summed E-state index contributed by atoms with van der Waals surface area (Å²) in [4.78, 5) is 9.10. The first-order valence-corrected chi connectivity index (χ1v) is 6.93. The second-order valence-electron chi connectivity index (χ2n) is 4.60. The van der Waals surface area contributed by atoms with E-state index in [1.165, 1.54) is 0 Å². The zero-order valence-electron chi connectivity index (χ0n) is 10.5. The minimum Gasteiger partial charge on any atom is -0.312 e. The summed E-state index contributed by atoms with van der Waals surface area (Å²) in [6.07, 6.45) is 0.927. The quantitative estimate of drug-likeness (QED) is 0.876. The van der Waals surface area contributed by atoms with Crippen LogP contribution in [0.5, 0.6) is 0 Å². The van der Waals surface area contributed by atoms with Gasteiger partial charge in [0.15, 0.2) is 0 Å². The molecule has 98 valence electrons. The lowest BCUT2D eigenvalue weighted by Gasteiger charge is -2.20. The van der Waals surface area contributed by atoms with Crippen LogP contribution < -0.4 is 5.32 Å². The van der Waals surface area contributed by atoms with Crippen LogP contribution in [0.1, 0.15) is 17.1 Å². The maximum absolute atomic E-state index is 6.29. The molecular weight excluding hydrogens is 281 g/mol. The lowest BCUT2D eigenvalue weighted by atomic mass is 10.0. The molecule has 0 aliphatic carbocycles. The number of halogens is 2. The molecule has 0 radical (unpaired) electrons. The highest BCUT2D eigenvalue weighted by Gasteiger charge is 2.19. The van der Waals surface area contributed by atoms with Crippen molar-refractivity contribution in [3.63, 3.8) is 0 Å². The molecule has 19 heavy (non-hydrogen) atoms. The number of rotatable bonds is 1. The van der Waals surface area contributed by atoms with E-state index in [2.05, 4.69) is 15.3 Å². The summed E-state index contributed by atoms with van der Waals surface area (Å²) in [6, 6.07) is 5.50. The molecule has 1 aromatic heterocycles. The standard InChI is InChI=1S/C14H13Cl2N3/c1-8-18-13-4-5-17-7-11(13)14(19-8)10-3-2-9(15)6-12(10)16/h2-3,6,17H,4-5,7H2,1H3. The predicted octanol–water partition coefficient (Wildman–Crippen LogP) is 3.40. The van der Waals surface area contributed by atoms with Crippen molar-refractivity contribution in [3.05, 3.63) is 45.3 Å². The Labute approximate surface area is 122 Å². The lowest BCUT2D eigenvalue weighted by molar-refractivity contribution is 0.624. The molecule has 1 N–H and O–H groups in total. The van der Waals surface area contributed by atoms with Crippen molar-refractivity contribution < 1.29 is 0 Å². The van der Waals surface area contributed by atoms with Crippen LogP contribution in [0.3, 0.4) is 0 Å². The highest BCUT2D eigenvalue weighted by atomic mass is 35.5. The number of aromatic nitrogens is 2. The van der Waals surface area contributed by atoms with Gasteiger partial charge in [0, 0.05) is 35.7 Å². The molecule has 2 heterocycles. The number of hydrogen-bond donors (Lipinski definition) is 1. The summed E-state index contributed by atoms with van der Waals surface area (Å²) < 4.78 is 0. The molecule has 1 aromatic carbocycles. The molecule has 0 saturated carbocycles. The minimum atomic E-state index is 0.623. The molecule has 0 saturated heterocycles. The van der Waals surface area contributed by atoms with E-state index in [1.54, 1.807) is 6.07 Å². The first-order valence-electron chi connectivity index (χ1n) is 6.17. The van der Waals surface area contributed by atoms with Crippen LogP contribution in [0.4, 0.5) is 0 Å². The van der Waals surface area contributed by atoms with E-state index in [0.717, 1.165) is 47.8 Å². The fourth-order valence-corrected chi connectivity index (χ4v) is 2.87. The number of nitrogens with zero attached hydrogens (tertiary/aromatic N) is 2. The smallest absolute Gasteiger partial charge is 0.126 e. The van der Waals surface area contributed by atoms with Gasteiger partial charge in [-0.3, -0.25) is 0 Å². The Bertz CT molecular complexity index is 641. The molecule has 3 rings (SSSR count). The van der Waals surface area contributed by atoms with Gasteiger partial charge in [-0.15, -0.1) is 0 Å². The molecule has 0 spiro atoms. The molecule has 1 aliphatic heterocycles. The molecular formula is C14H13Cl2N3. The lowest BCUT2D eigenvalue weighted by Crippen LogP contribution is -2.26. The first kappa shape index (κ1) is 12.9. The van der Waals surface area contributed by atoms with Crippen molar-refractivity contribution in [3.8, 4) is 11.3 Å². The third kappa shape index (κ3) is 2.46. The van der Waals surface area contributed by atoms with Crippen molar-refractivity contribution in [2.45, 2.75) is 19.9 Å². The number of fused-ring (bicyclic) bond motifs is 1. The van der Waals surface area contributed by atoms with Crippen molar-refractivity contribution in [1.82, 2.24) is 15.3 Å². The molecule has 0 atom stereocenters. The van der Waals surface area contributed by atoms with Crippen molar-refractivity contribution in [1.29, 1.82) is 0 Å². The van der Waals surface area contributed by atoms with E-state index in [-0.39, 0.29) is 0 Å². The first-order chi connectivity index (χ1) is 9.15. The Morgan fingerprint density at radius 2 is 2.05 bits per heavy atom. The fourth-order valence-electron chi connectivity index (χ4n) is 2.37. The van der Waals surface area contributed by atoms with Crippen LogP contribution in [0.15, 0.2) is 18.2 Å². The SMILES string of the molecule is Cc1nc2c(c(-c3ccc(Cl)cc3Cl)n1)CNCC2. The second-order valence-corrected chi connectivity index (χ2v) is 5.44. The third-order valence-corrected chi connectivity index (χ3v) is 3.78. The van der Waals surface area contributed by atoms with Gasteiger partial charge in [-0.1, -0.05) is 23.2 Å². The highest BCUT2D eigenvalue weighted by molar-refractivity contribution is 6.36. The van der Waals surface area contributed by atoms with Gasteiger partial charge < -0.3 is 5.32 Å². The maximum atomic E-state index is 6.29. The number of hydrogen-bond acceptors (Lipinski definition) is 3. The molecule has 3 nitrogen and oxygen atoms in total. The highest BCUT2D eigenvalue weighted by Crippen LogP contribution is 2.32. The summed E-state index contributed by atoms with van der Waals surface area (Å²) >= 11 is 12.2. The van der Waals surface area contributed by atoms with Gasteiger partial charge >= 0.3 is 0 Å². The van der Waals surface area contributed by atoms with Crippen LogP contribution in [0.2, 0.25) is 10.0 Å². The number of benzene rings is 1. The Hall–Kier alpha value is -1.16. The normalized spacial score (nSPS) is 14.3. The minimum absolute atomic E-state index is 0.623. The van der Waals surface area contributed by atoms with Crippen LogP contribution in [0.25, 0.3) is 11.3 Å². The van der Waals surface area contributed by atoms with E-state index >= 15 is 0 Å². The van der Waals surface area contributed by atoms with Crippen LogP contribution in [0, 0.1) is 6.92 Å². The summed E-state index contributed by atoms with van der Waals surface area (Å²) in [5.74, 6) is 0.779. The second kappa shape index (κ2) is 5.08. The molecule has 0 amide bonds. The molecule has 2 aromatic rings. The largest absolute Gasteiger partial charge is 0.312 e. The van der Waals surface area contributed by atoms with Gasteiger partial charge in [-0.2, -0.15) is 0 Å². The van der Waals surface area contributed by atoms with E-state index in [0.29, 0.717) is 10.0 Å². The molecule has 0 fully saturated rings. The van der Waals surface area contributed by atoms with Gasteiger partial charge in [0.2, 0.25) is 0 Å². The monoisotopic (exact) mass is 293 g/mol. The Kier molecular flexibility index (Phi) is 3.44. The van der Waals surface area contributed by atoms with Gasteiger partial charge in [-0.25, -0.2) is 9.97 Å². The molecule has 0 unspecified atom stereocenters. The predicted molar refractivity (Wildman–Crippen MR) is 77.6 cm³/mol. The van der Waals surface area contributed by atoms with Crippen LogP contribution in [-0.4, -0.2) is 16.5 Å². The number of aryl methyl sites for hydroxylation is 1. The Morgan fingerprint density at radius 1 is 1.21 bits per heavy atom. The molecule has 1 aliphatic rings. The van der Waals surface area contributed by atoms with Crippen molar-refractivity contribution in [2.75, 3.05) is 6.54 Å². The van der Waals surface area contributed by atoms with E-state index < -0.39 is 0 Å². The summed E-state index contributed by atoms with van der Waals surface area (Å²) in [5.41, 5.74) is 4.08. The number of nitrogens with one attached hydrogen (secondary N) is 1. The van der Waals surface area contributed by atoms with E-state index in [9.17, 15) is 0 Å². The van der Waals surface area contributed by atoms with Gasteiger partial charge in [-0.05, 0) is 25.1 Å². The average molecular weight is 294 g/mol. The fraction of sp³-hybridized carbons (Fsp3) is 0.286. The van der Waals surface area contributed by atoms with E-state index in [1.807, 2.05) is 19.1 Å². The summed E-state index contributed by atoms with van der Waals surface area (Å²) in [5, 5.41) is 4.61. The topological polar surface area (TPSA) is 37.8 Å². The maximum Gasteiger partial charge on any atom is 0.126 e. The van der Waals surface area contributed by atoms with Gasteiger partial charge in [0.1, 0.15) is 5.82 Å². The van der Waals surface area contributed by atoms with Crippen LogP contribution >= 0.6 is 23.2 Å². The average Bonchev–Trinajstić information content (AvgIpc) is 2.38. The molecule has 5 heteroatoms.